The van der Waals surface area contributed by atoms with Crippen molar-refractivity contribution in [3.63, 3.8) is 0 Å². The van der Waals surface area contributed by atoms with Crippen LogP contribution in [0, 0.1) is 3.57 Å². The molecule has 3 aromatic carbocycles. The Morgan fingerprint density at radius 3 is 2.31 bits per heavy atom. The van der Waals surface area contributed by atoms with Crippen molar-refractivity contribution in [3.05, 3.63) is 102 Å². The Hall–Kier alpha value is -2.00. The number of hydrogen-bond donors (Lipinski definition) is 0. The Kier molecular flexibility index (Phi) is 7.45. The molecule has 8 heteroatoms. The van der Waals surface area contributed by atoms with Crippen LogP contribution in [0.25, 0.3) is 6.08 Å². The van der Waals surface area contributed by atoms with Gasteiger partial charge in [-0.2, -0.15) is 0 Å². The van der Waals surface area contributed by atoms with Crippen molar-refractivity contribution in [2.75, 3.05) is 0 Å². The van der Waals surface area contributed by atoms with Crippen LogP contribution in [0.2, 0.25) is 10.0 Å². The van der Waals surface area contributed by atoms with Crippen molar-refractivity contribution in [1.82, 2.24) is 4.90 Å². The summed E-state index contributed by atoms with van der Waals surface area (Å²) < 4.78 is 6.88. The number of carbonyl (C=O) groups excluding carboxylic acids is 2. The molecule has 1 heterocycles. The van der Waals surface area contributed by atoms with Gasteiger partial charge in [-0.15, -0.1) is 0 Å². The van der Waals surface area contributed by atoms with Crippen molar-refractivity contribution in [1.29, 1.82) is 0 Å². The van der Waals surface area contributed by atoms with Crippen LogP contribution in [-0.4, -0.2) is 16.0 Å². The molecule has 0 saturated carbocycles. The van der Waals surface area contributed by atoms with Gasteiger partial charge in [0.2, 0.25) is 0 Å². The summed E-state index contributed by atoms with van der Waals surface area (Å²) in [6, 6.07) is 20.4. The lowest BCUT2D eigenvalue weighted by Crippen LogP contribution is -2.27. The number of rotatable bonds is 6. The van der Waals surface area contributed by atoms with E-state index in [1.165, 1.54) is 4.90 Å². The molecule has 1 fully saturated rings. The van der Waals surface area contributed by atoms with Gasteiger partial charge < -0.3 is 4.74 Å². The lowest BCUT2D eigenvalue weighted by Gasteiger charge is -2.12. The molecule has 0 unspecified atom stereocenters. The highest BCUT2D eigenvalue weighted by Crippen LogP contribution is 2.35. The Morgan fingerprint density at radius 1 is 0.938 bits per heavy atom. The molecule has 0 aromatic heterocycles. The third kappa shape index (κ3) is 5.67. The van der Waals surface area contributed by atoms with E-state index in [1.807, 2.05) is 36.4 Å². The normalized spacial score (nSPS) is 15.0. The van der Waals surface area contributed by atoms with Crippen molar-refractivity contribution in [2.45, 2.75) is 13.2 Å². The van der Waals surface area contributed by atoms with Crippen LogP contribution in [0.15, 0.2) is 71.6 Å². The Labute approximate surface area is 213 Å². The number of ether oxygens (including phenoxy) is 1. The molecule has 4 nitrogen and oxygen atoms in total. The van der Waals surface area contributed by atoms with Crippen molar-refractivity contribution in [3.8, 4) is 5.75 Å². The molecule has 4 rings (SSSR count). The summed E-state index contributed by atoms with van der Waals surface area (Å²) in [5.74, 6) is 0.225. The quantitative estimate of drug-likeness (QED) is 0.220. The van der Waals surface area contributed by atoms with Crippen molar-refractivity contribution < 1.29 is 14.3 Å². The molecule has 1 aliphatic rings. The van der Waals surface area contributed by atoms with Gasteiger partial charge in [-0.05, 0) is 93.5 Å². The molecular formula is C24H16Cl2INO3S. The first-order valence-electron chi connectivity index (χ1n) is 9.55. The molecule has 32 heavy (non-hydrogen) atoms. The third-order valence-corrected chi connectivity index (χ3v) is 6.86. The Bertz CT molecular complexity index is 1200. The second kappa shape index (κ2) is 10.3. The summed E-state index contributed by atoms with van der Waals surface area (Å²) in [5, 5.41) is 0.804. The van der Waals surface area contributed by atoms with Gasteiger partial charge in [0.1, 0.15) is 12.4 Å². The van der Waals surface area contributed by atoms with E-state index in [2.05, 4.69) is 22.6 Å². The minimum absolute atomic E-state index is 0.247. The van der Waals surface area contributed by atoms with Gasteiger partial charge in [0.15, 0.2) is 0 Å². The first-order chi connectivity index (χ1) is 15.4. The lowest BCUT2D eigenvalue weighted by atomic mass is 10.2. The van der Waals surface area contributed by atoms with Gasteiger partial charge in [0, 0.05) is 8.59 Å². The zero-order valence-corrected chi connectivity index (χ0v) is 21.0. The number of imide groups is 1. The fourth-order valence-electron chi connectivity index (χ4n) is 3.03. The van der Waals surface area contributed by atoms with Gasteiger partial charge in [-0.25, -0.2) is 0 Å². The molecule has 0 radical (unpaired) electrons. The molecule has 0 N–H and O–H groups in total. The molecule has 1 saturated heterocycles. The maximum absolute atomic E-state index is 12.8. The van der Waals surface area contributed by atoms with Crippen LogP contribution < -0.4 is 4.74 Å². The van der Waals surface area contributed by atoms with Crippen LogP contribution >= 0.6 is 57.6 Å². The maximum Gasteiger partial charge on any atom is 0.293 e. The van der Waals surface area contributed by atoms with Crippen molar-refractivity contribution in [2.24, 2.45) is 0 Å². The zero-order valence-electron chi connectivity index (χ0n) is 16.6. The third-order valence-electron chi connectivity index (χ3n) is 4.69. The summed E-state index contributed by atoms with van der Waals surface area (Å²) in [6.45, 7) is 0.602. The number of carbonyl (C=O) groups is 2. The van der Waals surface area contributed by atoms with E-state index in [4.69, 9.17) is 27.9 Å². The number of halogens is 3. The first-order valence-corrected chi connectivity index (χ1v) is 12.2. The fourth-order valence-corrected chi connectivity index (χ4v) is 4.59. The highest BCUT2D eigenvalue weighted by Gasteiger charge is 2.35. The number of thioether (sulfide) groups is 1. The SMILES string of the molecule is O=C1S/C(=C\c2ccc(OCc3ccc(Cl)cc3)c(Cl)c2)C(=O)N1Cc1ccc(I)cc1. The smallest absolute Gasteiger partial charge is 0.293 e. The van der Waals surface area contributed by atoms with E-state index >= 15 is 0 Å². The lowest BCUT2D eigenvalue weighted by molar-refractivity contribution is -0.123. The highest BCUT2D eigenvalue weighted by atomic mass is 127. The first kappa shape index (κ1) is 23.2. The van der Waals surface area contributed by atoms with E-state index in [9.17, 15) is 9.59 Å². The molecule has 0 atom stereocenters. The number of hydrogen-bond acceptors (Lipinski definition) is 4. The van der Waals surface area contributed by atoms with Crippen LogP contribution in [0.1, 0.15) is 16.7 Å². The summed E-state index contributed by atoms with van der Waals surface area (Å²) in [4.78, 5) is 26.8. The predicted octanol–water partition coefficient (Wildman–Crippen LogP) is 7.41. The van der Waals surface area contributed by atoms with Gasteiger partial charge in [-0.1, -0.05) is 53.5 Å². The van der Waals surface area contributed by atoms with Gasteiger partial charge in [0.25, 0.3) is 11.1 Å². The molecule has 0 aliphatic carbocycles. The molecule has 162 valence electrons. The van der Waals surface area contributed by atoms with Crippen molar-refractivity contribution >= 4 is 74.8 Å². The topological polar surface area (TPSA) is 46.6 Å². The Balaban J connectivity index is 1.44. The minimum atomic E-state index is -0.308. The minimum Gasteiger partial charge on any atom is -0.487 e. The van der Waals surface area contributed by atoms with E-state index in [0.717, 1.165) is 26.5 Å². The molecular weight excluding hydrogens is 580 g/mol. The molecule has 0 spiro atoms. The van der Waals surface area contributed by atoms with E-state index in [0.29, 0.717) is 32.9 Å². The molecule has 3 aromatic rings. The summed E-state index contributed by atoms with van der Waals surface area (Å²) in [7, 11) is 0. The second-order valence-electron chi connectivity index (χ2n) is 7.00. The van der Waals surface area contributed by atoms with E-state index in [1.54, 1.807) is 36.4 Å². The highest BCUT2D eigenvalue weighted by molar-refractivity contribution is 14.1. The second-order valence-corrected chi connectivity index (χ2v) is 10.1. The van der Waals surface area contributed by atoms with Crippen LogP contribution in [0.3, 0.4) is 0 Å². The fraction of sp³-hybridized carbons (Fsp3) is 0.0833. The van der Waals surface area contributed by atoms with Crippen LogP contribution in [0.5, 0.6) is 5.75 Å². The number of benzene rings is 3. The zero-order chi connectivity index (χ0) is 22.7. The summed E-state index contributed by atoms with van der Waals surface area (Å²) in [6.07, 6.45) is 1.67. The van der Waals surface area contributed by atoms with Gasteiger partial charge in [0.05, 0.1) is 16.5 Å². The maximum atomic E-state index is 12.8. The average molecular weight is 596 g/mol. The van der Waals surface area contributed by atoms with E-state index in [-0.39, 0.29) is 17.7 Å². The van der Waals surface area contributed by atoms with Crippen LogP contribution in [-0.2, 0) is 17.9 Å². The largest absolute Gasteiger partial charge is 0.487 e. The van der Waals surface area contributed by atoms with E-state index < -0.39 is 0 Å². The van der Waals surface area contributed by atoms with Crippen LogP contribution in [0.4, 0.5) is 4.79 Å². The average Bonchev–Trinajstić information content (AvgIpc) is 3.03. The molecule has 0 bridgehead atoms. The summed E-state index contributed by atoms with van der Waals surface area (Å²) >= 11 is 15.4. The number of amides is 2. The van der Waals surface area contributed by atoms with Gasteiger partial charge >= 0.3 is 0 Å². The molecule has 1 aliphatic heterocycles. The standard InChI is InChI=1S/C24H16Cl2INO3S/c25-18-6-1-16(2-7-18)14-31-21-10-5-17(11-20(21)26)12-22-23(29)28(24(30)32-22)13-15-3-8-19(27)9-4-15/h1-12H,13-14H2/b22-12-. The number of nitrogens with zero attached hydrogens (tertiary/aromatic N) is 1. The summed E-state index contributed by atoms with van der Waals surface area (Å²) in [5.41, 5.74) is 2.59. The van der Waals surface area contributed by atoms with Gasteiger partial charge in [-0.3, -0.25) is 14.5 Å². The monoisotopic (exact) mass is 595 g/mol. The predicted molar refractivity (Wildman–Crippen MR) is 138 cm³/mol. The molecule has 2 amide bonds. The Morgan fingerprint density at radius 2 is 1.62 bits per heavy atom.